The van der Waals surface area contributed by atoms with Crippen molar-refractivity contribution < 1.29 is 13.2 Å². The number of carbonyl (C=O) groups is 1. The molecular formula is C21H26N2O3S. The maximum atomic E-state index is 13.2. The van der Waals surface area contributed by atoms with Gasteiger partial charge >= 0.3 is 0 Å². The SMILES string of the molecule is CCCN(CCC)C(=O)c1cccc(S(=O)(=O)N2CCc3ccccc32)c1. The van der Waals surface area contributed by atoms with Crippen LogP contribution < -0.4 is 4.31 Å². The van der Waals surface area contributed by atoms with E-state index in [1.54, 1.807) is 23.1 Å². The first-order valence-electron chi connectivity index (χ1n) is 9.49. The van der Waals surface area contributed by atoms with Gasteiger partial charge in [-0.15, -0.1) is 0 Å². The van der Waals surface area contributed by atoms with E-state index in [4.69, 9.17) is 0 Å². The zero-order chi connectivity index (χ0) is 19.4. The molecule has 1 aliphatic heterocycles. The first kappa shape index (κ1) is 19.4. The van der Waals surface area contributed by atoms with Crippen LogP contribution in [0.4, 0.5) is 5.69 Å². The van der Waals surface area contributed by atoms with E-state index in [0.29, 0.717) is 31.6 Å². The third-order valence-electron chi connectivity index (χ3n) is 4.79. The Balaban J connectivity index is 1.92. The molecule has 1 amide bonds. The predicted molar refractivity (Wildman–Crippen MR) is 108 cm³/mol. The number of carbonyl (C=O) groups excluding carboxylic acids is 1. The van der Waals surface area contributed by atoms with Gasteiger partial charge in [0.25, 0.3) is 15.9 Å². The number of hydrogen-bond acceptors (Lipinski definition) is 3. The normalized spacial score (nSPS) is 13.5. The van der Waals surface area contributed by atoms with E-state index in [0.717, 1.165) is 24.1 Å². The molecule has 3 rings (SSSR count). The summed E-state index contributed by atoms with van der Waals surface area (Å²) in [6, 6.07) is 14.0. The molecule has 6 heteroatoms. The van der Waals surface area contributed by atoms with Crippen LogP contribution in [0, 0.1) is 0 Å². The quantitative estimate of drug-likeness (QED) is 0.729. The van der Waals surface area contributed by atoms with Crippen LogP contribution in [0.25, 0.3) is 0 Å². The molecule has 0 bridgehead atoms. The Bertz CT molecular complexity index is 919. The number of fused-ring (bicyclic) bond motifs is 1. The molecule has 5 nitrogen and oxygen atoms in total. The Hall–Kier alpha value is -2.34. The third-order valence-corrected chi connectivity index (χ3v) is 6.60. The van der Waals surface area contributed by atoms with Crippen molar-refractivity contribution in [2.75, 3.05) is 23.9 Å². The van der Waals surface area contributed by atoms with Crippen molar-refractivity contribution in [1.82, 2.24) is 4.90 Å². The summed E-state index contributed by atoms with van der Waals surface area (Å²) in [6.07, 6.45) is 2.44. The van der Waals surface area contributed by atoms with Gasteiger partial charge in [0.15, 0.2) is 0 Å². The first-order chi connectivity index (χ1) is 13.0. The van der Waals surface area contributed by atoms with Gasteiger partial charge in [-0.05, 0) is 49.1 Å². The van der Waals surface area contributed by atoms with E-state index >= 15 is 0 Å². The molecule has 0 spiro atoms. The van der Waals surface area contributed by atoms with Crippen molar-refractivity contribution in [2.24, 2.45) is 0 Å². The summed E-state index contributed by atoms with van der Waals surface area (Å²) >= 11 is 0. The lowest BCUT2D eigenvalue weighted by Gasteiger charge is -2.23. The fraction of sp³-hybridized carbons (Fsp3) is 0.381. The van der Waals surface area contributed by atoms with Crippen LogP contribution in [0.3, 0.4) is 0 Å². The Morgan fingerprint density at radius 3 is 2.44 bits per heavy atom. The summed E-state index contributed by atoms with van der Waals surface area (Å²) in [5.41, 5.74) is 2.18. The second-order valence-electron chi connectivity index (χ2n) is 6.78. The molecule has 0 aromatic heterocycles. The minimum Gasteiger partial charge on any atom is -0.339 e. The Morgan fingerprint density at radius 2 is 1.74 bits per heavy atom. The largest absolute Gasteiger partial charge is 0.339 e. The van der Waals surface area contributed by atoms with E-state index in [1.165, 1.54) is 10.4 Å². The van der Waals surface area contributed by atoms with E-state index in [2.05, 4.69) is 0 Å². The van der Waals surface area contributed by atoms with Crippen molar-refractivity contribution in [2.45, 2.75) is 38.0 Å². The molecule has 0 saturated carbocycles. The van der Waals surface area contributed by atoms with E-state index in [-0.39, 0.29) is 10.8 Å². The number of para-hydroxylation sites is 1. The van der Waals surface area contributed by atoms with Gasteiger partial charge in [0.2, 0.25) is 0 Å². The summed E-state index contributed by atoms with van der Waals surface area (Å²) in [5, 5.41) is 0. The molecule has 0 radical (unpaired) electrons. The van der Waals surface area contributed by atoms with Crippen LogP contribution in [0.15, 0.2) is 53.4 Å². The van der Waals surface area contributed by atoms with Gasteiger partial charge in [-0.1, -0.05) is 38.1 Å². The lowest BCUT2D eigenvalue weighted by molar-refractivity contribution is 0.0755. The van der Waals surface area contributed by atoms with Crippen LogP contribution in [-0.4, -0.2) is 38.9 Å². The monoisotopic (exact) mass is 386 g/mol. The van der Waals surface area contributed by atoms with Crippen LogP contribution >= 0.6 is 0 Å². The number of sulfonamides is 1. The number of benzene rings is 2. The Labute approximate surface area is 161 Å². The molecule has 0 N–H and O–H groups in total. The summed E-state index contributed by atoms with van der Waals surface area (Å²) in [7, 11) is -3.70. The van der Waals surface area contributed by atoms with Crippen LogP contribution in [0.2, 0.25) is 0 Å². The van der Waals surface area contributed by atoms with Gasteiger partial charge in [0, 0.05) is 25.2 Å². The fourth-order valence-electron chi connectivity index (χ4n) is 3.51. The molecule has 0 atom stereocenters. The van der Waals surface area contributed by atoms with Gasteiger partial charge in [-0.25, -0.2) is 8.42 Å². The average Bonchev–Trinajstić information content (AvgIpc) is 3.12. The number of hydrogen-bond donors (Lipinski definition) is 0. The molecule has 1 heterocycles. The lowest BCUT2D eigenvalue weighted by atomic mass is 10.2. The molecule has 2 aromatic carbocycles. The minimum absolute atomic E-state index is 0.113. The van der Waals surface area contributed by atoms with Gasteiger partial charge in [0.1, 0.15) is 0 Å². The fourth-order valence-corrected chi connectivity index (χ4v) is 5.06. The molecule has 144 valence electrons. The Morgan fingerprint density at radius 1 is 1.04 bits per heavy atom. The average molecular weight is 387 g/mol. The smallest absolute Gasteiger partial charge is 0.264 e. The van der Waals surface area contributed by atoms with Gasteiger partial charge < -0.3 is 4.90 Å². The molecule has 0 fully saturated rings. The second-order valence-corrected chi connectivity index (χ2v) is 8.64. The molecule has 1 aliphatic rings. The van der Waals surface area contributed by atoms with Gasteiger partial charge in [0.05, 0.1) is 10.6 Å². The summed E-state index contributed by atoms with van der Waals surface area (Å²) in [5.74, 6) is -0.113. The zero-order valence-electron chi connectivity index (χ0n) is 15.9. The number of anilines is 1. The topological polar surface area (TPSA) is 57.7 Å². The number of nitrogens with zero attached hydrogens (tertiary/aromatic N) is 2. The van der Waals surface area contributed by atoms with Crippen LogP contribution in [0.5, 0.6) is 0 Å². The van der Waals surface area contributed by atoms with E-state index < -0.39 is 10.0 Å². The number of rotatable bonds is 7. The van der Waals surface area contributed by atoms with E-state index in [9.17, 15) is 13.2 Å². The molecule has 0 saturated heterocycles. The first-order valence-corrected chi connectivity index (χ1v) is 10.9. The molecule has 0 unspecified atom stereocenters. The Kier molecular flexibility index (Phi) is 5.85. The lowest BCUT2D eigenvalue weighted by Crippen LogP contribution is -2.33. The van der Waals surface area contributed by atoms with Crippen molar-refractivity contribution in [3.05, 3.63) is 59.7 Å². The summed E-state index contributed by atoms with van der Waals surface area (Å²) < 4.78 is 27.8. The molecule has 2 aromatic rings. The highest BCUT2D eigenvalue weighted by molar-refractivity contribution is 7.92. The standard InChI is InChI=1S/C21H26N2O3S/c1-3-13-22(14-4-2)21(24)18-9-7-10-19(16-18)27(25,26)23-15-12-17-8-5-6-11-20(17)23/h5-11,16H,3-4,12-15H2,1-2H3. The molecule has 0 aliphatic carbocycles. The van der Waals surface area contributed by atoms with Gasteiger partial charge in [-0.2, -0.15) is 0 Å². The second kappa shape index (κ2) is 8.13. The third kappa shape index (κ3) is 3.86. The summed E-state index contributed by atoms with van der Waals surface area (Å²) in [4.78, 5) is 14.8. The molecule has 27 heavy (non-hydrogen) atoms. The number of amides is 1. The van der Waals surface area contributed by atoms with Crippen molar-refractivity contribution >= 4 is 21.6 Å². The molecular weight excluding hydrogens is 360 g/mol. The summed E-state index contributed by atoms with van der Waals surface area (Å²) in [6.45, 7) is 5.83. The predicted octanol–water partition coefficient (Wildman–Crippen LogP) is 3.70. The highest BCUT2D eigenvalue weighted by Gasteiger charge is 2.31. The van der Waals surface area contributed by atoms with Crippen LogP contribution in [0.1, 0.15) is 42.6 Å². The maximum Gasteiger partial charge on any atom is 0.264 e. The highest BCUT2D eigenvalue weighted by atomic mass is 32.2. The van der Waals surface area contributed by atoms with Crippen LogP contribution in [-0.2, 0) is 16.4 Å². The van der Waals surface area contributed by atoms with Crippen molar-refractivity contribution in [1.29, 1.82) is 0 Å². The zero-order valence-corrected chi connectivity index (χ0v) is 16.7. The maximum absolute atomic E-state index is 13.2. The highest BCUT2D eigenvalue weighted by Crippen LogP contribution is 2.32. The van der Waals surface area contributed by atoms with Crippen molar-refractivity contribution in [3.8, 4) is 0 Å². The minimum atomic E-state index is -3.70. The van der Waals surface area contributed by atoms with E-state index in [1.807, 2.05) is 38.1 Å². The van der Waals surface area contributed by atoms with Gasteiger partial charge in [-0.3, -0.25) is 9.10 Å². The van der Waals surface area contributed by atoms with Crippen molar-refractivity contribution in [3.63, 3.8) is 0 Å².